The highest BCUT2D eigenvalue weighted by atomic mass is 32.2. The van der Waals surface area contributed by atoms with Crippen LogP contribution < -0.4 is 20.8 Å². The third-order valence-electron chi connectivity index (χ3n) is 7.10. The molecule has 16 heteroatoms. The zero-order chi connectivity index (χ0) is 29.4. The molecule has 0 bridgehead atoms. The van der Waals surface area contributed by atoms with Crippen molar-refractivity contribution in [1.82, 2.24) is 34.4 Å². The van der Waals surface area contributed by atoms with Gasteiger partial charge in [-0.3, -0.25) is 19.1 Å². The van der Waals surface area contributed by atoms with Gasteiger partial charge in [0.15, 0.2) is 17.1 Å². The van der Waals surface area contributed by atoms with E-state index in [4.69, 9.17) is 10.2 Å². The van der Waals surface area contributed by atoms with Crippen molar-refractivity contribution in [2.24, 2.45) is 0 Å². The van der Waals surface area contributed by atoms with Gasteiger partial charge in [-0.2, -0.15) is 9.50 Å². The van der Waals surface area contributed by atoms with Crippen LogP contribution in [0.4, 0.5) is 16.0 Å². The summed E-state index contributed by atoms with van der Waals surface area (Å²) in [6, 6.07) is 7.93. The van der Waals surface area contributed by atoms with Gasteiger partial charge in [-0.25, -0.2) is 9.37 Å². The highest BCUT2D eigenvalue weighted by molar-refractivity contribution is 7.90. The Morgan fingerprint density at radius 3 is 2.71 bits per heavy atom. The fourth-order valence-corrected chi connectivity index (χ4v) is 6.23. The van der Waals surface area contributed by atoms with Crippen LogP contribution in [-0.2, 0) is 17.7 Å². The molecular weight excluding hydrogens is 585 g/mol. The van der Waals surface area contributed by atoms with Gasteiger partial charge in [0.1, 0.15) is 16.3 Å². The summed E-state index contributed by atoms with van der Waals surface area (Å²) >= 11 is 0.0330. The number of rotatable bonds is 9. The molecule has 5 aromatic rings. The number of fused-ring (bicyclic) bond motifs is 3. The second kappa shape index (κ2) is 11.7. The van der Waals surface area contributed by atoms with Crippen molar-refractivity contribution in [1.29, 1.82) is 0 Å². The number of carbonyl (C=O) groups is 1. The van der Waals surface area contributed by atoms with E-state index in [2.05, 4.69) is 25.3 Å². The van der Waals surface area contributed by atoms with E-state index in [1.165, 1.54) is 16.8 Å². The summed E-state index contributed by atoms with van der Waals surface area (Å²) in [6.45, 7) is 3.79. The van der Waals surface area contributed by atoms with Crippen LogP contribution in [0.3, 0.4) is 0 Å². The van der Waals surface area contributed by atoms with Gasteiger partial charge in [0.25, 0.3) is 5.91 Å². The first-order valence-corrected chi connectivity index (χ1v) is 15.8. The number of furan rings is 1. The summed E-state index contributed by atoms with van der Waals surface area (Å²) in [5, 5.41) is 7.04. The fraction of sp³-hybridized carbons (Fsp3) is 0.346. The highest BCUT2D eigenvalue weighted by Crippen LogP contribution is 2.26. The molecule has 6 rings (SSSR count). The van der Waals surface area contributed by atoms with Gasteiger partial charge < -0.3 is 24.9 Å². The molecule has 3 N–H and O–H groups in total. The summed E-state index contributed by atoms with van der Waals surface area (Å²) < 4.78 is 35.1. The summed E-state index contributed by atoms with van der Waals surface area (Å²) in [4.78, 5) is 38.2. The third kappa shape index (κ3) is 5.57. The minimum Gasteiger partial charge on any atom is -0.617 e. The van der Waals surface area contributed by atoms with Gasteiger partial charge in [0, 0.05) is 44.8 Å². The maximum Gasteiger partial charge on any atom is 0.309 e. The number of nitrogen functional groups attached to an aromatic ring is 1. The third-order valence-corrected chi connectivity index (χ3v) is 8.84. The standard InChI is InChI=1S/C26H28FN9O4S2/c1-42(39)14-6-29-24(37)16-4-5-18(17(27)15-16)34-10-7-33(8-11-34)9-12-35-22-20(41-26(35)38)23-30-21(19-3-2-13-40-19)32-36(23)25(28)31-22/h2-5,13,15H,6-12,14H2,1H3,(H2,28,31)(H,29,37). The Kier molecular flexibility index (Phi) is 7.85. The minimum absolute atomic E-state index is 0.117. The summed E-state index contributed by atoms with van der Waals surface area (Å²) in [6.07, 6.45) is 3.09. The van der Waals surface area contributed by atoms with E-state index in [0.717, 1.165) is 11.3 Å². The first-order valence-electron chi connectivity index (χ1n) is 13.2. The summed E-state index contributed by atoms with van der Waals surface area (Å²) in [5.41, 5.74) is 7.74. The molecule has 1 aliphatic rings. The van der Waals surface area contributed by atoms with E-state index in [-0.39, 0.29) is 22.9 Å². The van der Waals surface area contributed by atoms with Crippen molar-refractivity contribution in [2.75, 3.05) is 61.9 Å². The Morgan fingerprint density at radius 1 is 1.19 bits per heavy atom. The molecule has 1 atom stereocenters. The van der Waals surface area contributed by atoms with Crippen LogP contribution >= 0.6 is 11.3 Å². The molecule has 5 heterocycles. The molecule has 1 unspecified atom stereocenters. The Hall–Kier alpha value is -3.99. The number of anilines is 2. The minimum atomic E-state index is -1.01. The zero-order valence-corrected chi connectivity index (χ0v) is 24.3. The van der Waals surface area contributed by atoms with E-state index >= 15 is 0 Å². The molecular formula is C26H28FN9O4S2. The molecule has 0 saturated carbocycles. The van der Waals surface area contributed by atoms with Gasteiger partial charge in [0.2, 0.25) is 11.8 Å². The van der Waals surface area contributed by atoms with Crippen LogP contribution in [0.1, 0.15) is 10.4 Å². The predicted molar refractivity (Wildman–Crippen MR) is 159 cm³/mol. The maximum absolute atomic E-state index is 14.9. The quantitative estimate of drug-likeness (QED) is 0.233. The number of carbonyl (C=O) groups excluding carboxylic acids is 1. The Labute approximate surface area is 245 Å². The molecule has 1 aromatic carbocycles. The van der Waals surface area contributed by atoms with Gasteiger partial charge in [-0.15, -0.1) is 5.10 Å². The molecule has 1 amide bonds. The van der Waals surface area contributed by atoms with Crippen molar-refractivity contribution in [3.8, 4) is 11.6 Å². The number of nitrogens with two attached hydrogens (primary N) is 1. The van der Waals surface area contributed by atoms with E-state index in [1.807, 2.05) is 4.90 Å². The van der Waals surface area contributed by atoms with Crippen LogP contribution in [0, 0.1) is 5.82 Å². The average Bonchev–Trinajstić information content (AvgIpc) is 3.71. The van der Waals surface area contributed by atoms with Crippen LogP contribution in [0.15, 0.2) is 45.8 Å². The number of aromatic nitrogens is 5. The first kappa shape index (κ1) is 28.1. The maximum atomic E-state index is 14.9. The first-order chi connectivity index (χ1) is 20.3. The van der Waals surface area contributed by atoms with Gasteiger partial charge in [-0.1, -0.05) is 22.5 Å². The van der Waals surface area contributed by atoms with E-state index in [1.54, 1.807) is 35.1 Å². The van der Waals surface area contributed by atoms with Crippen molar-refractivity contribution in [2.45, 2.75) is 6.54 Å². The number of hydrogen-bond acceptors (Lipinski definition) is 11. The Balaban J connectivity index is 1.10. The number of thiazole rings is 1. The highest BCUT2D eigenvalue weighted by Gasteiger charge is 2.23. The van der Waals surface area contributed by atoms with E-state index in [0.29, 0.717) is 78.3 Å². The normalized spacial score (nSPS) is 15.1. The number of hydrogen-bond donors (Lipinski definition) is 2. The van der Waals surface area contributed by atoms with Crippen molar-refractivity contribution in [3.05, 3.63) is 57.6 Å². The van der Waals surface area contributed by atoms with Gasteiger partial charge >= 0.3 is 4.87 Å². The second-order valence-corrected chi connectivity index (χ2v) is 12.3. The molecule has 0 spiro atoms. The fourth-order valence-electron chi connectivity index (χ4n) is 4.90. The lowest BCUT2D eigenvalue weighted by molar-refractivity contribution is 0.0955. The lowest BCUT2D eigenvalue weighted by Crippen LogP contribution is -2.47. The van der Waals surface area contributed by atoms with Crippen molar-refractivity contribution >= 4 is 56.0 Å². The van der Waals surface area contributed by atoms with Crippen LogP contribution in [0.5, 0.6) is 0 Å². The van der Waals surface area contributed by atoms with E-state index < -0.39 is 22.9 Å². The SMILES string of the molecule is C[S+]([O-])CCNC(=O)c1ccc(N2CCN(CCn3c(=O)sc4c3nc(N)n3nc(-c5ccco5)nc43)CC2)c(F)c1. The van der Waals surface area contributed by atoms with Crippen LogP contribution in [0.2, 0.25) is 0 Å². The molecule has 1 aliphatic heterocycles. The zero-order valence-electron chi connectivity index (χ0n) is 22.7. The molecule has 1 saturated heterocycles. The Bertz CT molecular complexity index is 1790. The number of nitrogens with zero attached hydrogens (tertiary/aromatic N) is 7. The van der Waals surface area contributed by atoms with Gasteiger partial charge in [0.05, 0.1) is 24.8 Å². The molecule has 1 fully saturated rings. The molecule has 220 valence electrons. The van der Waals surface area contributed by atoms with Crippen molar-refractivity contribution < 1.29 is 18.2 Å². The second-order valence-electron chi connectivity index (χ2n) is 9.82. The van der Waals surface area contributed by atoms with Gasteiger partial charge in [-0.05, 0) is 30.3 Å². The number of halogens is 1. The summed E-state index contributed by atoms with van der Waals surface area (Å²) in [7, 11) is 0. The average molecular weight is 614 g/mol. The molecule has 0 radical (unpaired) electrons. The van der Waals surface area contributed by atoms with Crippen LogP contribution in [0.25, 0.3) is 27.6 Å². The number of amides is 1. The van der Waals surface area contributed by atoms with Crippen molar-refractivity contribution in [3.63, 3.8) is 0 Å². The monoisotopic (exact) mass is 613 g/mol. The summed E-state index contributed by atoms with van der Waals surface area (Å²) in [5.74, 6) is 0.436. The smallest absolute Gasteiger partial charge is 0.309 e. The molecule has 13 nitrogen and oxygen atoms in total. The number of benzene rings is 1. The lowest BCUT2D eigenvalue weighted by Gasteiger charge is -2.36. The predicted octanol–water partition coefficient (Wildman–Crippen LogP) is 1.41. The number of nitrogens with one attached hydrogen (secondary N) is 1. The molecule has 0 aliphatic carbocycles. The van der Waals surface area contributed by atoms with Crippen LogP contribution in [-0.4, -0.2) is 90.8 Å². The molecule has 4 aromatic heterocycles. The molecule has 42 heavy (non-hydrogen) atoms. The topological polar surface area (TPSA) is 163 Å². The number of piperazine rings is 1. The largest absolute Gasteiger partial charge is 0.617 e. The van der Waals surface area contributed by atoms with E-state index in [9.17, 15) is 18.5 Å². The Morgan fingerprint density at radius 2 is 2.00 bits per heavy atom. The lowest BCUT2D eigenvalue weighted by atomic mass is 10.1.